The van der Waals surface area contributed by atoms with Crippen molar-refractivity contribution in [3.05, 3.63) is 75.7 Å². The zero-order valence-corrected chi connectivity index (χ0v) is 16.9. The first-order valence-corrected chi connectivity index (χ1v) is 9.90. The zero-order valence-electron chi connectivity index (χ0n) is 16.1. The van der Waals surface area contributed by atoms with Gasteiger partial charge in [-0.3, -0.25) is 20.4 Å². The van der Waals surface area contributed by atoms with Gasteiger partial charge in [-0.2, -0.15) is 0 Å². The molecule has 0 bridgehead atoms. The molecule has 0 radical (unpaired) electrons. The molecular formula is C21H21N3O4S. The van der Waals surface area contributed by atoms with E-state index in [9.17, 15) is 9.59 Å². The molecule has 2 N–H and O–H groups in total. The molecule has 2 amide bonds. The summed E-state index contributed by atoms with van der Waals surface area (Å²) in [6.45, 7) is 4.70. The van der Waals surface area contributed by atoms with Crippen molar-refractivity contribution < 1.29 is 19.1 Å². The molecule has 3 aromatic rings. The minimum Gasteiger partial charge on any atom is -0.494 e. The number of nitrogens with zero attached hydrogens (tertiary/aromatic N) is 1. The number of amides is 2. The fraction of sp³-hybridized carbons (Fsp3) is 0.190. The first-order chi connectivity index (χ1) is 14.0. The molecule has 8 heteroatoms. The predicted octanol–water partition coefficient (Wildman–Crippen LogP) is 3.50. The van der Waals surface area contributed by atoms with Crippen LogP contribution in [0.2, 0.25) is 0 Å². The van der Waals surface area contributed by atoms with Crippen LogP contribution in [-0.4, -0.2) is 23.4 Å². The molecule has 0 unspecified atom stereocenters. The number of aryl methyl sites for hydroxylation is 1. The summed E-state index contributed by atoms with van der Waals surface area (Å²) in [5, 5.41) is 2.28. The third-order valence-electron chi connectivity index (χ3n) is 3.88. The van der Waals surface area contributed by atoms with Crippen LogP contribution in [-0.2, 0) is 6.61 Å². The Kier molecular flexibility index (Phi) is 6.80. The molecule has 0 aliphatic carbocycles. The third kappa shape index (κ3) is 5.79. The molecule has 0 aliphatic rings. The SMILES string of the molecule is CCOc1ccc(C(=O)NNC(=O)c2csc(COc3ccc(C)cc3)n2)cc1. The third-order valence-corrected chi connectivity index (χ3v) is 4.71. The molecule has 0 aliphatic heterocycles. The van der Waals surface area contributed by atoms with Crippen LogP contribution in [0.4, 0.5) is 0 Å². The summed E-state index contributed by atoms with van der Waals surface area (Å²) < 4.78 is 11.0. The average molecular weight is 411 g/mol. The van der Waals surface area contributed by atoms with Crippen molar-refractivity contribution in [2.45, 2.75) is 20.5 Å². The summed E-state index contributed by atoms with van der Waals surface area (Å²) in [5.74, 6) is 0.483. The van der Waals surface area contributed by atoms with Gasteiger partial charge in [-0.15, -0.1) is 11.3 Å². The Morgan fingerprint density at radius 2 is 1.55 bits per heavy atom. The van der Waals surface area contributed by atoms with Gasteiger partial charge in [-0.05, 0) is 50.2 Å². The van der Waals surface area contributed by atoms with E-state index in [1.54, 1.807) is 29.6 Å². The van der Waals surface area contributed by atoms with E-state index < -0.39 is 11.8 Å². The molecule has 0 atom stereocenters. The second-order valence-corrected chi connectivity index (χ2v) is 7.04. The van der Waals surface area contributed by atoms with Crippen molar-refractivity contribution in [3.63, 3.8) is 0 Å². The molecule has 0 fully saturated rings. The Morgan fingerprint density at radius 1 is 0.931 bits per heavy atom. The maximum absolute atomic E-state index is 12.2. The second-order valence-electron chi connectivity index (χ2n) is 6.09. The van der Waals surface area contributed by atoms with Crippen LogP contribution in [0.25, 0.3) is 0 Å². The Morgan fingerprint density at radius 3 is 2.24 bits per heavy atom. The van der Waals surface area contributed by atoms with Gasteiger partial charge < -0.3 is 9.47 Å². The van der Waals surface area contributed by atoms with Gasteiger partial charge in [0.05, 0.1) is 6.61 Å². The Bertz CT molecular complexity index is 968. The molecule has 150 valence electrons. The van der Waals surface area contributed by atoms with Crippen molar-refractivity contribution >= 4 is 23.2 Å². The highest BCUT2D eigenvalue weighted by Gasteiger charge is 2.13. The van der Waals surface area contributed by atoms with Gasteiger partial charge in [0.1, 0.15) is 28.8 Å². The quantitative estimate of drug-likeness (QED) is 0.581. The van der Waals surface area contributed by atoms with Gasteiger partial charge in [0.15, 0.2) is 0 Å². The van der Waals surface area contributed by atoms with Crippen LogP contribution >= 0.6 is 11.3 Å². The topological polar surface area (TPSA) is 89.6 Å². The normalized spacial score (nSPS) is 10.3. The number of aromatic nitrogens is 1. The van der Waals surface area contributed by atoms with Gasteiger partial charge in [-0.1, -0.05) is 17.7 Å². The zero-order chi connectivity index (χ0) is 20.6. The summed E-state index contributed by atoms with van der Waals surface area (Å²) in [6, 6.07) is 14.3. The minimum atomic E-state index is -0.498. The molecule has 2 aromatic carbocycles. The number of benzene rings is 2. The number of carbonyl (C=O) groups is 2. The highest BCUT2D eigenvalue weighted by Crippen LogP contribution is 2.16. The minimum absolute atomic E-state index is 0.212. The number of rotatable bonds is 7. The van der Waals surface area contributed by atoms with Crippen molar-refractivity contribution in [3.8, 4) is 11.5 Å². The van der Waals surface area contributed by atoms with Gasteiger partial charge in [0.2, 0.25) is 0 Å². The van der Waals surface area contributed by atoms with Crippen LogP contribution in [0.15, 0.2) is 53.9 Å². The van der Waals surface area contributed by atoms with Crippen LogP contribution < -0.4 is 20.3 Å². The molecule has 0 saturated heterocycles. The highest BCUT2D eigenvalue weighted by atomic mass is 32.1. The molecule has 29 heavy (non-hydrogen) atoms. The summed E-state index contributed by atoms with van der Waals surface area (Å²) >= 11 is 1.31. The largest absolute Gasteiger partial charge is 0.494 e. The molecule has 1 aromatic heterocycles. The van der Waals surface area contributed by atoms with Crippen LogP contribution in [0.1, 0.15) is 38.3 Å². The second kappa shape index (κ2) is 9.70. The molecule has 3 rings (SSSR count). The number of carbonyl (C=O) groups excluding carboxylic acids is 2. The Labute approximate surface area is 172 Å². The van der Waals surface area contributed by atoms with Gasteiger partial charge in [0, 0.05) is 10.9 Å². The lowest BCUT2D eigenvalue weighted by Crippen LogP contribution is -2.41. The van der Waals surface area contributed by atoms with E-state index >= 15 is 0 Å². The number of hydrogen-bond acceptors (Lipinski definition) is 6. The van der Waals surface area contributed by atoms with E-state index in [1.165, 1.54) is 11.3 Å². The fourth-order valence-corrected chi connectivity index (χ4v) is 3.07. The van der Waals surface area contributed by atoms with E-state index in [2.05, 4.69) is 15.8 Å². The standard InChI is InChI=1S/C21H21N3O4S/c1-3-27-16-10-6-15(7-11-16)20(25)23-24-21(26)18-13-29-19(22-18)12-28-17-8-4-14(2)5-9-17/h4-11,13H,3,12H2,1-2H3,(H,23,25)(H,24,26). The van der Waals surface area contributed by atoms with Crippen molar-refractivity contribution in [2.24, 2.45) is 0 Å². The monoisotopic (exact) mass is 411 g/mol. The number of ether oxygens (including phenoxy) is 2. The van der Waals surface area contributed by atoms with E-state index in [4.69, 9.17) is 9.47 Å². The van der Waals surface area contributed by atoms with Crippen LogP contribution in [0, 0.1) is 6.92 Å². The summed E-state index contributed by atoms with van der Waals surface area (Å²) in [7, 11) is 0. The highest BCUT2D eigenvalue weighted by molar-refractivity contribution is 7.09. The number of nitrogens with one attached hydrogen (secondary N) is 2. The lowest BCUT2D eigenvalue weighted by Gasteiger charge is -2.07. The molecule has 7 nitrogen and oxygen atoms in total. The van der Waals surface area contributed by atoms with Gasteiger partial charge in [0.25, 0.3) is 11.8 Å². The molecule has 0 saturated carbocycles. The van der Waals surface area contributed by atoms with E-state index in [0.717, 1.165) is 11.3 Å². The summed E-state index contributed by atoms with van der Waals surface area (Å²) in [5.41, 5.74) is 6.50. The van der Waals surface area contributed by atoms with E-state index in [1.807, 2.05) is 38.1 Å². The van der Waals surface area contributed by atoms with Crippen LogP contribution in [0.3, 0.4) is 0 Å². The fourth-order valence-electron chi connectivity index (χ4n) is 2.38. The van der Waals surface area contributed by atoms with Crippen molar-refractivity contribution in [1.82, 2.24) is 15.8 Å². The smallest absolute Gasteiger partial charge is 0.289 e. The maximum Gasteiger partial charge on any atom is 0.289 e. The Balaban J connectivity index is 1.49. The van der Waals surface area contributed by atoms with E-state index in [-0.39, 0.29) is 12.3 Å². The maximum atomic E-state index is 12.2. The summed E-state index contributed by atoms with van der Waals surface area (Å²) in [4.78, 5) is 28.6. The first-order valence-electron chi connectivity index (χ1n) is 9.02. The lowest BCUT2D eigenvalue weighted by atomic mass is 10.2. The van der Waals surface area contributed by atoms with Crippen molar-refractivity contribution in [1.29, 1.82) is 0 Å². The van der Waals surface area contributed by atoms with Gasteiger partial charge >= 0.3 is 0 Å². The molecule has 1 heterocycles. The average Bonchev–Trinajstić information content (AvgIpc) is 3.21. The molecule has 0 spiro atoms. The lowest BCUT2D eigenvalue weighted by molar-refractivity contribution is 0.0844. The molecular weight excluding hydrogens is 390 g/mol. The number of hydrogen-bond donors (Lipinski definition) is 2. The van der Waals surface area contributed by atoms with Gasteiger partial charge in [-0.25, -0.2) is 4.98 Å². The van der Waals surface area contributed by atoms with E-state index in [0.29, 0.717) is 22.9 Å². The number of thiazole rings is 1. The van der Waals surface area contributed by atoms with Crippen molar-refractivity contribution in [2.75, 3.05) is 6.61 Å². The Hall–Kier alpha value is -3.39. The van der Waals surface area contributed by atoms with Crippen LogP contribution in [0.5, 0.6) is 11.5 Å². The summed E-state index contributed by atoms with van der Waals surface area (Å²) in [6.07, 6.45) is 0. The predicted molar refractivity (Wildman–Crippen MR) is 110 cm³/mol. The number of hydrazine groups is 1. The first kappa shape index (κ1) is 20.3.